The van der Waals surface area contributed by atoms with Crippen molar-refractivity contribution in [1.29, 1.82) is 0 Å². The van der Waals surface area contributed by atoms with E-state index in [0.717, 1.165) is 0 Å². The molecule has 0 heterocycles. The van der Waals surface area contributed by atoms with Gasteiger partial charge in [-0.25, -0.2) is 0 Å². The summed E-state index contributed by atoms with van der Waals surface area (Å²) in [5.41, 5.74) is 4.38. The highest BCUT2D eigenvalue weighted by molar-refractivity contribution is 5.78. The summed E-state index contributed by atoms with van der Waals surface area (Å²) in [7, 11) is 0. The van der Waals surface area contributed by atoms with Crippen molar-refractivity contribution in [2.75, 3.05) is 33.0 Å². The number of amides is 1. The minimum atomic E-state index is -0.907. The molecule has 0 radical (unpaired) electrons. The van der Waals surface area contributed by atoms with Gasteiger partial charge < -0.3 is 25.3 Å². The summed E-state index contributed by atoms with van der Waals surface area (Å²) >= 11 is 0. The molecule has 6 nitrogen and oxygen atoms in total. The highest BCUT2D eigenvalue weighted by atomic mass is 16.5. The van der Waals surface area contributed by atoms with E-state index in [9.17, 15) is 4.79 Å². The first kappa shape index (κ1) is 17.0. The zero-order chi connectivity index (χ0) is 14.6. The Labute approximate surface area is 113 Å². The summed E-state index contributed by atoms with van der Waals surface area (Å²) in [6, 6.07) is 0. The summed E-state index contributed by atoms with van der Waals surface area (Å²) < 4.78 is 15.5. The minimum absolute atomic E-state index is 0.112. The van der Waals surface area contributed by atoms with Crippen molar-refractivity contribution in [3.8, 4) is 12.3 Å². The molecule has 0 aliphatic rings. The number of hydrogen-bond donors (Lipinski definition) is 2. The topological polar surface area (TPSA) is 82.8 Å². The zero-order valence-electron chi connectivity index (χ0n) is 10.9. The van der Waals surface area contributed by atoms with Gasteiger partial charge in [0.2, 0.25) is 5.91 Å². The Morgan fingerprint density at radius 2 is 1.89 bits per heavy atom. The third-order valence-electron chi connectivity index (χ3n) is 2.11. The molecule has 0 unspecified atom stereocenters. The largest absolute Gasteiger partial charge is 0.499 e. The SMILES string of the molecule is C#CCOCC(COC=C)(COC=C)NC(=O)CN. The molecule has 1 amide bonds. The lowest BCUT2D eigenvalue weighted by molar-refractivity contribution is -0.124. The fourth-order valence-electron chi connectivity index (χ4n) is 1.32. The smallest absolute Gasteiger partial charge is 0.234 e. The summed E-state index contributed by atoms with van der Waals surface area (Å²) in [6.45, 7) is 7.19. The van der Waals surface area contributed by atoms with Crippen LogP contribution in [0.5, 0.6) is 0 Å². The fraction of sp³-hybridized carbons (Fsp3) is 0.462. The van der Waals surface area contributed by atoms with Gasteiger partial charge >= 0.3 is 0 Å². The van der Waals surface area contributed by atoms with Crippen molar-refractivity contribution >= 4 is 5.91 Å². The van der Waals surface area contributed by atoms with Gasteiger partial charge in [-0.15, -0.1) is 6.42 Å². The minimum Gasteiger partial charge on any atom is -0.499 e. The van der Waals surface area contributed by atoms with Crippen LogP contribution in [-0.4, -0.2) is 44.4 Å². The molecule has 0 aliphatic heterocycles. The highest BCUT2D eigenvalue weighted by Crippen LogP contribution is 2.09. The van der Waals surface area contributed by atoms with Crippen LogP contribution in [0.2, 0.25) is 0 Å². The Hall–Kier alpha value is -1.97. The van der Waals surface area contributed by atoms with Gasteiger partial charge in [0.25, 0.3) is 0 Å². The van der Waals surface area contributed by atoms with Gasteiger partial charge in [-0.2, -0.15) is 0 Å². The molecule has 6 heteroatoms. The third-order valence-corrected chi connectivity index (χ3v) is 2.11. The van der Waals surface area contributed by atoms with Gasteiger partial charge in [-0.05, 0) is 0 Å². The molecule has 3 N–H and O–H groups in total. The molecule has 0 bridgehead atoms. The van der Waals surface area contributed by atoms with Crippen molar-refractivity contribution in [3.05, 3.63) is 25.7 Å². The van der Waals surface area contributed by atoms with Crippen molar-refractivity contribution in [1.82, 2.24) is 5.32 Å². The molecule has 0 spiro atoms. The molecule has 0 rings (SSSR count). The molecular formula is C13H20N2O4. The average Bonchev–Trinajstić information content (AvgIpc) is 2.43. The summed E-state index contributed by atoms with van der Waals surface area (Å²) in [5, 5.41) is 2.71. The Morgan fingerprint density at radius 3 is 2.32 bits per heavy atom. The zero-order valence-corrected chi connectivity index (χ0v) is 10.9. The van der Waals surface area contributed by atoms with Gasteiger partial charge in [-0.1, -0.05) is 19.1 Å². The monoisotopic (exact) mass is 268 g/mol. The quantitative estimate of drug-likeness (QED) is 0.307. The molecule has 0 saturated carbocycles. The van der Waals surface area contributed by atoms with Crippen LogP contribution in [0.1, 0.15) is 0 Å². The van der Waals surface area contributed by atoms with Crippen LogP contribution in [0.15, 0.2) is 25.7 Å². The second kappa shape index (κ2) is 10.00. The van der Waals surface area contributed by atoms with E-state index >= 15 is 0 Å². The Bertz CT molecular complexity index is 324. The molecule has 106 valence electrons. The van der Waals surface area contributed by atoms with E-state index in [1.807, 2.05) is 0 Å². The van der Waals surface area contributed by atoms with Crippen molar-refractivity contribution in [3.63, 3.8) is 0 Å². The maximum Gasteiger partial charge on any atom is 0.234 e. The van der Waals surface area contributed by atoms with Crippen LogP contribution >= 0.6 is 0 Å². The van der Waals surface area contributed by atoms with Crippen LogP contribution in [0.4, 0.5) is 0 Å². The van der Waals surface area contributed by atoms with Crippen LogP contribution in [0.25, 0.3) is 0 Å². The second-order valence-corrected chi connectivity index (χ2v) is 3.68. The first-order chi connectivity index (χ1) is 9.14. The van der Waals surface area contributed by atoms with E-state index in [1.54, 1.807) is 0 Å². The van der Waals surface area contributed by atoms with E-state index < -0.39 is 5.54 Å². The van der Waals surface area contributed by atoms with Gasteiger partial charge in [0.1, 0.15) is 25.4 Å². The standard InChI is InChI=1S/C13H20N2O4/c1-4-7-19-11-13(9-17-5-2,10-18-6-3)15-12(16)8-14/h1,5-6H,2-3,7-11,14H2,(H,15,16). The van der Waals surface area contributed by atoms with Crippen LogP contribution in [-0.2, 0) is 19.0 Å². The van der Waals surface area contributed by atoms with Crippen molar-refractivity contribution < 1.29 is 19.0 Å². The highest BCUT2D eigenvalue weighted by Gasteiger charge is 2.34. The molecule has 0 aromatic carbocycles. The van der Waals surface area contributed by atoms with Crippen molar-refractivity contribution in [2.24, 2.45) is 5.73 Å². The average molecular weight is 268 g/mol. The first-order valence-corrected chi connectivity index (χ1v) is 5.61. The predicted octanol–water partition coefficient (Wildman–Crippen LogP) is -0.230. The van der Waals surface area contributed by atoms with E-state index in [-0.39, 0.29) is 38.9 Å². The van der Waals surface area contributed by atoms with E-state index in [4.69, 9.17) is 26.4 Å². The number of ether oxygens (including phenoxy) is 3. The van der Waals surface area contributed by atoms with Gasteiger partial charge in [0.05, 0.1) is 25.7 Å². The lowest BCUT2D eigenvalue weighted by Gasteiger charge is -2.32. The third kappa shape index (κ3) is 7.13. The predicted molar refractivity (Wildman–Crippen MR) is 71.9 cm³/mol. The lowest BCUT2D eigenvalue weighted by Crippen LogP contribution is -2.59. The Kier molecular flexibility index (Phi) is 8.96. The van der Waals surface area contributed by atoms with E-state index in [2.05, 4.69) is 24.4 Å². The van der Waals surface area contributed by atoms with E-state index in [1.165, 1.54) is 12.5 Å². The van der Waals surface area contributed by atoms with Crippen molar-refractivity contribution in [2.45, 2.75) is 5.54 Å². The number of rotatable bonds is 11. The molecule has 0 aromatic heterocycles. The number of nitrogens with two attached hydrogens (primary N) is 1. The van der Waals surface area contributed by atoms with Crippen LogP contribution in [0, 0.1) is 12.3 Å². The molecule has 19 heavy (non-hydrogen) atoms. The molecule has 0 fully saturated rings. The number of hydrogen-bond acceptors (Lipinski definition) is 5. The fourth-order valence-corrected chi connectivity index (χ4v) is 1.32. The summed E-state index contributed by atoms with van der Waals surface area (Å²) in [6.07, 6.45) is 7.63. The van der Waals surface area contributed by atoms with Gasteiger partial charge in [0, 0.05) is 0 Å². The summed E-state index contributed by atoms with van der Waals surface area (Å²) in [5.74, 6) is 1.98. The molecule has 0 atom stereocenters. The van der Waals surface area contributed by atoms with E-state index in [0.29, 0.717) is 0 Å². The molecule has 0 aliphatic carbocycles. The number of carbonyl (C=O) groups excluding carboxylic acids is 1. The maximum absolute atomic E-state index is 11.5. The molecular weight excluding hydrogens is 248 g/mol. The normalized spacial score (nSPS) is 10.1. The number of nitrogens with one attached hydrogen (secondary N) is 1. The van der Waals surface area contributed by atoms with Gasteiger partial charge in [-0.3, -0.25) is 4.79 Å². The maximum atomic E-state index is 11.5. The van der Waals surface area contributed by atoms with Crippen LogP contribution in [0.3, 0.4) is 0 Å². The second-order valence-electron chi connectivity index (χ2n) is 3.68. The first-order valence-electron chi connectivity index (χ1n) is 5.61. The Morgan fingerprint density at radius 1 is 1.32 bits per heavy atom. The molecule has 0 saturated heterocycles. The van der Waals surface area contributed by atoms with Gasteiger partial charge in [0.15, 0.2) is 0 Å². The Balaban J connectivity index is 4.82. The number of carbonyl (C=O) groups is 1. The summed E-state index contributed by atoms with van der Waals surface area (Å²) in [4.78, 5) is 11.5. The number of terminal acetylenes is 1. The molecule has 0 aromatic rings. The van der Waals surface area contributed by atoms with Crippen LogP contribution < -0.4 is 11.1 Å². The lowest BCUT2D eigenvalue weighted by atomic mass is 10.0.